The van der Waals surface area contributed by atoms with E-state index in [2.05, 4.69) is 15.6 Å². The van der Waals surface area contributed by atoms with Crippen LogP contribution in [0.1, 0.15) is 58.4 Å². The summed E-state index contributed by atoms with van der Waals surface area (Å²) in [7, 11) is -3.89. The molecule has 1 aliphatic carbocycles. The lowest BCUT2D eigenvalue weighted by molar-refractivity contribution is -0.117. The van der Waals surface area contributed by atoms with Crippen molar-refractivity contribution in [3.8, 4) is 6.07 Å². The van der Waals surface area contributed by atoms with E-state index in [1.807, 2.05) is 6.07 Å². The van der Waals surface area contributed by atoms with Gasteiger partial charge in [0.15, 0.2) is 0 Å². The number of piperazine rings is 1. The molecule has 16 heteroatoms. The molecule has 49 heavy (non-hydrogen) atoms. The third-order valence-corrected chi connectivity index (χ3v) is 11.2. The first-order chi connectivity index (χ1) is 23.1. The molecule has 2 N–H and O–H groups in total. The minimum atomic E-state index is -3.89. The number of sulfonamides is 1. The molecule has 2 aromatic rings. The van der Waals surface area contributed by atoms with Crippen LogP contribution in [0, 0.1) is 17.2 Å². The smallest absolute Gasteiger partial charge is 0.407 e. The van der Waals surface area contributed by atoms with Crippen molar-refractivity contribution < 1.29 is 31.5 Å². The Bertz CT molecular complexity index is 1670. The van der Waals surface area contributed by atoms with Crippen molar-refractivity contribution in [2.24, 2.45) is 5.92 Å². The highest BCUT2D eigenvalue weighted by Crippen LogP contribution is 2.45. The first-order valence-electron chi connectivity index (χ1n) is 16.4. The van der Waals surface area contributed by atoms with Crippen molar-refractivity contribution in [3.63, 3.8) is 0 Å². The largest absolute Gasteiger partial charge is 0.444 e. The van der Waals surface area contributed by atoms with Gasteiger partial charge in [-0.25, -0.2) is 27.0 Å². The quantitative estimate of drug-likeness (QED) is 0.279. The number of hydrogen-bond donors (Lipinski definition) is 2. The van der Waals surface area contributed by atoms with E-state index in [1.165, 1.54) is 33.5 Å². The molecular formula is C33H42ClF2N7O5S. The van der Waals surface area contributed by atoms with Gasteiger partial charge in [-0.3, -0.25) is 4.79 Å². The third kappa shape index (κ3) is 8.78. The predicted molar refractivity (Wildman–Crippen MR) is 180 cm³/mol. The van der Waals surface area contributed by atoms with E-state index < -0.39 is 39.6 Å². The summed E-state index contributed by atoms with van der Waals surface area (Å²) >= 11 is 6.23. The van der Waals surface area contributed by atoms with Crippen LogP contribution in [0.3, 0.4) is 0 Å². The van der Waals surface area contributed by atoms with E-state index in [0.717, 1.165) is 0 Å². The van der Waals surface area contributed by atoms with Gasteiger partial charge in [0.2, 0.25) is 15.9 Å². The molecule has 1 aromatic heterocycles. The van der Waals surface area contributed by atoms with Gasteiger partial charge in [-0.05, 0) is 82.9 Å². The fourth-order valence-electron chi connectivity index (χ4n) is 6.56. The predicted octanol–water partition coefficient (Wildman–Crippen LogP) is 4.64. The van der Waals surface area contributed by atoms with Gasteiger partial charge >= 0.3 is 6.09 Å². The molecule has 1 aromatic carbocycles. The number of nitriles is 1. The van der Waals surface area contributed by atoms with Gasteiger partial charge in [-0.1, -0.05) is 11.6 Å². The Hall–Kier alpha value is -3.58. The Balaban J connectivity index is 1.18. The van der Waals surface area contributed by atoms with Crippen LogP contribution in [0.2, 0.25) is 5.15 Å². The molecule has 0 spiro atoms. The van der Waals surface area contributed by atoms with Gasteiger partial charge in [0.1, 0.15) is 16.6 Å². The number of halogens is 3. The van der Waals surface area contributed by atoms with E-state index in [9.17, 15) is 18.0 Å². The zero-order chi connectivity index (χ0) is 35.6. The van der Waals surface area contributed by atoms with Crippen LogP contribution < -0.4 is 20.4 Å². The Kier molecular flexibility index (Phi) is 11.0. The first-order valence-corrected chi connectivity index (χ1v) is 18.2. The Labute approximate surface area is 290 Å². The summed E-state index contributed by atoms with van der Waals surface area (Å²) < 4.78 is 65.1. The van der Waals surface area contributed by atoms with Crippen molar-refractivity contribution in [2.75, 3.05) is 49.1 Å². The van der Waals surface area contributed by atoms with E-state index in [0.29, 0.717) is 31.4 Å². The summed E-state index contributed by atoms with van der Waals surface area (Å²) in [5, 5.41) is 14.5. The zero-order valence-corrected chi connectivity index (χ0v) is 29.4. The van der Waals surface area contributed by atoms with Gasteiger partial charge < -0.3 is 25.2 Å². The Morgan fingerprint density at radius 2 is 1.71 bits per heavy atom. The van der Waals surface area contributed by atoms with Gasteiger partial charge in [0.05, 0.1) is 23.6 Å². The molecular weight excluding hydrogens is 680 g/mol. The van der Waals surface area contributed by atoms with Crippen molar-refractivity contribution in [1.82, 2.24) is 19.9 Å². The fourth-order valence-corrected chi connectivity index (χ4v) is 8.18. The fraction of sp³-hybridized carbons (Fsp3) is 0.576. The van der Waals surface area contributed by atoms with Crippen LogP contribution in [0.5, 0.6) is 0 Å². The van der Waals surface area contributed by atoms with E-state index in [-0.39, 0.29) is 79.1 Å². The lowest BCUT2D eigenvalue weighted by Gasteiger charge is -2.36. The summed E-state index contributed by atoms with van der Waals surface area (Å²) in [4.78, 5) is 32.4. The molecule has 3 heterocycles. The SMILES string of the molecule is CC(C)(C)OC(=O)N[C@@H]1CC(=O)N(c2ccc(S(=O)(=O)N3CCN(c4cc(C(F)(F)C5CCC(NCC#N)CC5)cc(Cl)n4)CC3)cc2)C1. The number of amides is 2. The Morgan fingerprint density at radius 3 is 2.33 bits per heavy atom. The number of nitrogens with zero attached hydrogens (tertiary/aromatic N) is 5. The summed E-state index contributed by atoms with van der Waals surface area (Å²) in [5.74, 6) is -3.94. The number of alkyl carbamates (subject to hydrolysis) is 1. The van der Waals surface area contributed by atoms with Crippen molar-refractivity contribution in [3.05, 3.63) is 47.1 Å². The number of alkyl halides is 2. The molecule has 1 atom stereocenters. The summed E-state index contributed by atoms with van der Waals surface area (Å²) in [6.45, 7) is 6.30. The molecule has 2 saturated heterocycles. The Morgan fingerprint density at radius 1 is 1.06 bits per heavy atom. The molecule has 3 fully saturated rings. The second-order valence-corrected chi connectivity index (χ2v) is 16.0. The highest BCUT2D eigenvalue weighted by Gasteiger charge is 2.44. The number of carbonyl (C=O) groups is 2. The third-order valence-electron chi connectivity index (χ3n) is 9.07. The number of ether oxygens (including phenoxy) is 1. The number of rotatable bonds is 9. The van der Waals surface area contributed by atoms with Crippen LogP contribution in [0.25, 0.3) is 0 Å². The molecule has 3 aliphatic rings. The normalized spacial score (nSPS) is 22.6. The maximum Gasteiger partial charge on any atom is 0.407 e. The summed E-state index contributed by atoms with van der Waals surface area (Å²) in [5.41, 5.74) is -0.383. The van der Waals surface area contributed by atoms with Crippen LogP contribution in [0.15, 0.2) is 41.3 Å². The molecule has 2 amide bonds. The highest BCUT2D eigenvalue weighted by atomic mass is 35.5. The summed E-state index contributed by atoms with van der Waals surface area (Å²) in [6, 6.07) is 10.2. The molecule has 2 aliphatic heterocycles. The molecule has 1 saturated carbocycles. The van der Waals surface area contributed by atoms with Crippen molar-refractivity contribution >= 4 is 45.1 Å². The van der Waals surface area contributed by atoms with E-state index in [1.54, 1.807) is 37.8 Å². The van der Waals surface area contributed by atoms with Crippen LogP contribution in [-0.4, -0.2) is 86.7 Å². The molecule has 0 bridgehead atoms. The number of carbonyl (C=O) groups excluding carboxylic acids is 2. The van der Waals surface area contributed by atoms with Crippen molar-refractivity contribution in [1.29, 1.82) is 5.26 Å². The highest BCUT2D eigenvalue weighted by molar-refractivity contribution is 7.89. The minimum Gasteiger partial charge on any atom is -0.444 e. The van der Waals surface area contributed by atoms with Gasteiger partial charge in [0, 0.05) is 62.4 Å². The maximum absolute atomic E-state index is 15.7. The molecule has 12 nitrogen and oxygen atoms in total. The second kappa shape index (κ2) is 14.7. The number of pyridine rings is 1. The average molecular weight is 722 g/mol. The molecule has 5 rings (SSSR count). The van der Waals surface area contributed by atoms with E-state index >= 15 is 8.78 Å². The van der Waals surface area contributed by atoms with Gasteiger partial charge in [-0.2, -0.15) is 9.57 Å². The monoisotopic (exact) mass is 721 g/mol. The van der Waals surface area contributed by atoms with Gasteiger partial charge in [-0.15, -0.1) is 0 Å². The molecule has 0 unspecified atom stereocenters. The standard InChI is InChI=1S/C33H42ClF2N7O5S/c1-32(2,3)48-31(45)39-25-20-30(44)43(21-25)26-8-10-27(11-9-26)49(46,47)42-16-14-41(15-17-42)29-19-23(18-28(34)40-29)33(35,36)22-4-6-24(7-5-22)38-13-12-37/h8-11,18-19,22,24-25,38H,4-7,13-17,20-21H2,1-3H3,(H,39,45)/t22?,24?,25-/m1/s1. The number of anilines is 2. The minimum absolute atomic E-state index is 0.0469. The van der Waals surface area contributed by atoms with Crippen LogP contribution in [0.4, 0.5) is 25.1 Å². The lowest BCUT2D eigenvalue weighted by Crippen LogP contribution is -2.49. The summed E-state index contributed by atoms with van der Waals surface area (Å²) in [6.07, 6.45) is 1.20. The number of hydrogen-bond acceptors (Lipinski definition) is 9. The number of benzene rings is 1. The second-order valence-electron chi connectivity index (χ2n) is 13.7. The molecule has 266 valence electrons. The van der Waals surface area contributed by atoms with Crippen LogP contribution >= 0.6 is 11.6 Å². The number of nitrogens with one attached hydrogen (secondary N) is 2. The topological polar surface area (TPSA) is 148 Å². The lowest BCUT2D eigenvalue weighted by atomic mass is 9.80. The number of aromatic nitrogens is 1. The maximum atomic E-state index is 15.7. The molecule has 0 radical (unpaired) electrons. The zero-order valence-electron chi connectivity index (χ0n) is 27.8. The van der Waals surface area contributed by atoms with E-state index in [4.69, 9.17) is 21.6 Å². The van der Waals surface area contributed by atoms with Gasteiger partial charge in [0.25, 0.3) is 5.92 Å². The van der Waals surface area contributed by atoms with Crippen LogP contribution in [-0.2, 0) is 25.5 Å². The van der Waals surface area contributed by atoms with Crippen molar-refractivity contribution in [2.45, 2.75) is 81.4 Å². The first kappa shape index (κ1) is 36.7. The average Bonchev–Trinajstić information content (AvgIpc) is 3.42.